The van der Waals surface area contributed by atoms with E-state index in [0.29, 0.717) is 18.8 Å². The van der Waals surface area contributed by atoms with E-state index >= 15 is 0 Å². The minimum atomic E-state index is -1.63. The fourth-order valence-electron chi connectivity index (χ4n) is 8.02. The number of methoxy groups -OCH3 is 1. The molecule has 0 saturated carbocycles. The van der Waals surface area contributed by atoms with E-state index in [1.807, 2.05) is 6.92 Å². The zero-order valence-electron chi connectivity index (χ0n) is 34.0. The largest absolute Gasteiger partial charge is 0.459 e. The minimum Gasteiger partial charge on any atom is -0.459 e. The molecule has 0 amide bonds. The number of aliphatic hydroxyl groups is 3. The summed E-state index contributed by atoms with van der Waals surface area (Å²) in [5.41, 5.74) is -0.403. The number of hydrogen-bond donors (Lipinski definition) is 3. The van der Waals surface area contributed by atoms with Crippen LogP contribution in [0.1, 0.15) is 127 Å². The molecular formula is C41H66O13. The van der Waals surface area contributed by atoms with Crippen LogP contribution < -0.4 is 0 Å². The van der Waals surface area contributed by atoms with Crippen LogP contribution in [0.2, 0.25) is 0 Å². The second kappa shape index (κ2) is 20.0. The van der Waals surface area contributed by atoms with Crippen molar-refractivity contribution in [2.75, 3.05) is 7.11 Å². The Balaban J connectivity index is 1.54. The van der Waals surface area contributed by atoms with E-state index in [4.69, 9.17) is 18.9 Å². The van der Waals surface area contributed by atoms with Gasteiger partial charge in [0.25, 0.3) is 0 Å². The number of carbonyl (C=O) groups is 5. The van der Waals surface area contributed by atoms with Gasteiger partial charge in [-0.25, -0.2) is 9.59 Å². The second-order valence-electron chi connectivity index (χ2n) is 16.8. The standard InChI is InChI=1S/C41H66O13/c1-21(2)36(51-34(47)20-31(45)35-27(8)39(48)52-40(35)49)38(50-10)32(46)19-30(44)26(7)29(43)13-11-24(5)37-25(6)16-18-41(54-37)17-15-23(4)33(53-41)14-12-22(3)28(9)42/h21-26,29,31-33,36-38,43,45-46H,11-20H2,1-10H3/t22?,23?,24?,25?,26?,29?,31?,32?,33?,36?,37?,38?,41-/m1/s1. The lowest BCUT2D eigenvalue weighted by molar-refractivity contribution is -0.338. The van der Waals surface area contributed by atoms with E-state index in [0.717, 1.165) is 38.5 Å². The van der Waals surface area contributed by atoms with Crippen LogP contribution in [0.4, 0.5) is 0 Å². The quantitative estimate of drug-likeness (QED) is 0.113. The molecule has 1 spiro atoms. The Morgan fingerprint density at radius 1 is 0.852 bits per heavy atom. The van der Waals surface area contributed by atoms with E-state index in [2.05, 4.69) is 25.5 Å². The molecule has 13 heteroatoms. The lowest BCUT2D eigenvalue weighted by Gasteiger charge is -2.51. The maximum absolute atomic E-state index is 13.3. The molecule has 0 radical (unpaired) electrons. The van der Waals surface area contributed by atoms with Gasteiger partial charge in [0.1, 0.15) is 23.8 Å². The topological polar surface area (TPSA) is 192 Å². The summed E-state index contributed by atoms with van der Waals surface area (Å²) in [5, 5.41) is 32.7. The van der Waals surface area contributed by atoms with Crippen molar-refractivity contribution in [1.29, 1.82) is 0 Å². The maximum Gasteiger partial charge on any atom is 0.345 e. The smallest absolute Gasteiger partial charge is 0.345 e. The number of aliphatic hydroxyl groups excluding tert-OH is 3. The number of esters is 3. The zero-order valence-corrected chi connectivity index (χ0v) is 34.0. The van der Waals surface area contributed by atoms with Gasteiger partial charge in [0.2, 0.25) is 0 Å². The number of ketones is 2. The van der Waals surface area contributed by atoms with E-state index in [-0.39, 0.29) is 65.0 Å². The first kappa shape index (κ1) is 45.8. The molecule has 3 N–H and O–H groups in total. The Morgan fingerprint density at radius 3 is 2.04 bits per heavy atom. The summed E-state index contributed by atoms with van der Waals surface area (Å²) in [4.78, 5) is 61.6. The summed E-state index contributed by atoms with van der Waals surface area (Å²) in [6.07, 6.45) is -1.03. The van der Waals surface area contributed by atoms with Crippen LogP contribution in [0.15, 0.2) is 11.1 Å². The van der Waals surface area contributed by atoms with Crippen molar-refractivity contribution in [2.24, 2.45) is 35.5 Å². The van der Waals surface area contributed by atoms with Gasteiger partial charge in [-0.3, -0.25) is 14.4 Å². The Bertz CT molecular complexity index is 1350. The molecule has 2 saturated heterocycles. The molecule has 0 aliphatic carbocycles. The average Bonchev–Trinajstić information content (AvgIpc) is 3.37. The van der Waals surface area contributed by atoms with Gasteiger partial charge in [-0.05, 0) is 76.0 Å². The van der Waals surface area contributed by atoms with E-state index in [1.165, 1.54) is 14.0 Å². The summed E-state index contributed by atoms with van der Waals surface area (Å²) in [7, 11) is 1.32. The third kappa shape index (κ3) is 11.7. The van der Waals surface area contributed by atoms with Gasteiger partial charge in [-0.1, -0.05) is 48.5 Å². The lowest BCUT2D eigenvalue weighted by atomic mass is 9.79. The van der Waals surface area contributed by atoms with Crippen LogP contribution in [0.25, 0.3) is 0 Å². The summed E-state index contributed by atoms with van der Waals surface area (Å²) in [6, 6.07) is 0. The van der Waals surface area contributed by atoms with Gasteiger partial charge >= 0.3 is 17.9 Å². The molecule has 13 atom stereocenters. The molecule has 54 heavy (non-hydrogen) atoms. The van der Waals surface area contributed by atoms with Crippen LogP contribution in [0, 0.1) is 35.5 Å². The van der Waals surface area contributed by atoms with Gasteiger partial charge in [0.15, 0.2) is 5.79 Å². The fourth-order valence-corrected chi connectivity index (χ4v) is 8.02. The number of hydrogen-bond acceptors (Lipinski definition) is 13. The monoisotopic (exact) mass is 766 g/mol. The third-order valence-corrected chi connectivity index (χ3v) is 12.1. The molecule has 308 valence electrons. The average molecular weight is 767 g/mol. The molecule has 0 bridgehead atoms. The van der Waals surface area contributed by atoms with Crippen molar-refractivity contribution < 1.29 is 63.0 Å². The first-order valence-electron chi connectivity index (χ1n) is 19.8. The molecular weight excluding hydrogens is 700 g/mol. The van der Waals surface area contributed by atoms with E-state index in [1.54, 1.807) is 27.7 Å². The summed E-state index contributed by atoms with van der Waals surface area (Å²) in [5.74, 6) is -4.07. The number of carbonyl (C=O) groups excluding carboxylic acids is 5. The maximum atomic E-state index is 13.3. The SMILES string of the molecule is COC(C(O)CC(=O)C(C)C(O)CCC(C)C1O[C@]2(CCC(C)C(CCC(C)C(C)=O)O2)CCC1C)C(OC(=O)CC(O)C1=C(C)C(=O)OC1=O)C(C)C. The number of rotatable bonds is 20. The Labute approximate surface area is 320 Å². The normalized spacial score (nSPS) is 29.3. The highest BCUT2D eigenvalue weighted by Crippen LogP contribution is 2.45. The predicted octanol–water partition coefficient (Wildman–Crippen LogP) is 4.79. The summed E-state index contributed by atoms with van der Waals surface area (Å²) in [6.45, 7) is 16.5. The number of ether oxygens (including phenoxy) is 5. The number of Topliss-reactive ketones (excluding diaryl/α,β-unsaturated/α-hetero) is 2. The molecule has 0 aromatic heterocycles. The van der Waals surface area contributed by atoms with Crippen LogP contribution in [-0.4, -0.2) is 100 Å². The van der Waals surface area contributed by atoms with Crippen LogP contribution >= 0.6 is 0 Å². The molecule has 0 aromatic rings. The summed E-state index contributed by atoms with van der Waals surface area (Å²) >= 11 is 0. The Hall–Kier alpha value is -2.55. The predicted molar refractivity (Wildman–Crippen MR) is 197 cm³/mol. The number of cyclic esters (lactones) is 2. The van der Waals surface area contributed by atoms with Gasteiger partial charge in [-0.15, -0.1) is 0 Å². The van der Waals surface area contributed by atoms with Gasteiger partial charge in [0, 0.05) is 43.8 Å². The highest BCUT2D eigenvalue weighted by molar-refractivity contribution is 6.12. The first-order valence-corrected chi connectivity index (χ1v) is 19.8. The van der Waals surface area contributed by atoms with Gasteiger partial charge < -0.3 is 39.0 Å². The molecule has 3 rings (SSSR count). The van der Waals surface area contributed by atoms with Crippen molar-refractivity contribution in [2.45, 2.75) is 175 Å². The second-order valence-corrected chi connectivity index (χ2v) is 16.8. The highest BCUT2D eigenvalue weighted by Gasteiger charge is 2.48. The van der Waals surface area contributed by atoms with Crippen LogP contribution in [0.3, 0.4) is 0 Å². The highest BCUT2D eigenvalue weighted by atomic mass is 16.7. The third-order valence-electron chi connectivity index (χ3n) is 12.1. The minimum absolute atomic E-state index is 0.00210. The Morgan fingerprint density at radius 2 is 1.48 bits per heavy atom. The van der Waals surface area contributed by atoms with E-state index < -0.39 is 66.6 Å². The van der Waals surface area contributed by atoms with Gasteiger partial charge in [0.05, 0.1) is 42.5 Å². The molecule has 3 heterocycles. The lowest BCUT2D eigenvalue weighted by Crippen LogP contribution is -2.53. The van der Waals surface area contributed by atoms with Crippen LogP contribution in [-0.2, 0) is 47.7 Å². The Kier molecular flexibility index (Phi) is 17.0. The van der Waals surface area contributed by atoms with Crippen molar-refractivity contribution >= 4 is 29.5 Å². The first-order chi connectivity index (χ1) is 25.2. The van der Waals surface area contributed by atoms with Crippen molar-refractivity contribution in [3.8, 4) is 0 Å². The van der Waals surface area contributed by atoms with Crippen molar-refractivity contribution in [3.63, 3.8) is 0 Å². The van der Waals surface area contributed by atoms with E-state index in [9.17, 15) is 39.3 Å². The molecule has 3 aliphatic rings. The molecule has 3 aliphatic heterocycles. The molecule has 12 unspecified atom stereocenters. The zero-order chi connectivity index (χ0) is 40.7. The van der Waals surface area contributed by atoms with Gasteiger partial charge in [-0.2, -0.15) is 0 Å². The summed E-state index contributed by atoms with van der Waals surface area (Å²) < 4.78 is 29.1. The molecule has 2 fully saturated rings. The molecule has 13 nitrogen and oxygen atoms in total. The van der Waals surface area contributed by atoms with Crippen molar-refractivity contribution in [1.82, 2.24) is 0 Å². The van der Waals surface area contributed by atoms with Crippen LogP contribution in [0.5, 0.6) is 0 Å². The fraction of sp³-hybridized carbons (Fsp3) is 0.829. The van der Waals surface area contributed by atoms with Crippen molar-refractivity contribution in [3.05, 3.63) is 11.1 Å². The molecule has 0 aromatic carbocycles.